The molecule has 186 valence electrons. The van der Waals surface area contributed by atoms with E-state index < -0.39 is 28.3 Å². The third-order valence-electron chi connectivity index (χ3n) is 9.16. The third-order valence-corrected chi connectivity index (χ3v) is 9.16. The normalized spacial score (nSPS) is 35.9. The van der Waals surface area contributed by atoms with Gasteiger partial charge in [0.25, 0.3) is 0 Å². The van der Waals surface area contributed by atoms with Gasteiger partial charge in [-0.25, -0.2) is 4.79 Å². The number of hydrogen-bond acceptors (Lipinski definition) is 7. The molecule has 2 aromatic rings. The Morgan fingerprint density at radius 2 is 1.80 bits per heavy atom. The van der Waals surface area contributed by atoms with Gasteiger partial charge in [0.2, 0.25) is 0 Å². The summed E-state index contributed by atoms with van der Waals surface area (Å²) in [5.74, 6) is 1.98. The first-order valence-corrected chi connectivity index (χ1v) is 12.2. The number of benzene rings is 1. The Labute approximate surface area is 204 Å². The van der Waals surface area contributed by atoms with Crippen molar-refractivity contribution < 1.29 is 28.5 Å². The molecule has 1 N–H and O–H groups in total. The lowest BCUT2D eigenvalue weighted by molar-refractivity contribution is -0.114. The highest BCUT2D eigenvalue weighted by Crippen LogP contribution is 2.74. The number of ether oxygens (including phenoxy) is 4. The molecule has 4 aliphatic rings. The zero-order valence-corrected chi connectivity index (χ0v) is 21.1. The van der Waals surface area contributed by atoms with Crippen molar-refractivity contribution >= 4 is 6.08 Å². The van der Waals surface area contributed by atoms with Gasteiger partial charge in [0, 0.05) is 18.1 Å². The molecule has 1 aromatic heterocycles. The van der Waals surface area contributed by atoms with Crippen molar-refractivity contribution in [2.75, 3.05) is 14.2 Å². The lowest BCUT2D eigenvalue weighted by atomic mass is 9.46. The molecule has 0 amide bonds. The molecular weight excluding hydrogens is 448 g/mol. The van der Waals surface area contributed by atoms with Crippen LogP contribution in [-0.2, 0) is 4.74 Å². The molecule has 7 nitrogen and oxygen atoms in total. The molecule has 3 heterocycles. The van der Waals surface area contributed by atoms with E-state index in [4.69, 9.17) is 23.4 Å². The van der Waals surface area contributed by atoms with Crippen LogP contribution in [-0.4, -0.2) is 42.7 Å². The maximum atomic E-state index is 13.2. The minimum Gasteiger partial charge on any atom is -0.493 e. The SMILES string of the molecule is COc1ccc(-c2cc3c(c(=O)o2)C=C2[C@@](C)(C[C@@H]4O[C@@]45C(C)(C)CC[C@H](O)[C@]25C)O3)cc1OC. The fourth-order valence-corrected chi connectivity index (χ4v) is 7.36. The summed E-state index contributed by atoms with van der Waals surface area (Å²) < 4.78 is 29.6. The average molecular weight is 481 g/mol. The van der Waals surface area contributed by atoms with Crippen LogP contribution >= 0.6 is 0 Å². The van der Waals surface area contributed by atoms with Crippen LogP contribution in [0.1, 0.15) is 52.5 Å². The van der Waals surface area contributed by atoms with Crippen molar-refractivity contribution in [3.05, 3.63) is 45.8 Å². The lowest BCUT2D eigenvalue weighted by Gasteiger charge is -2.59. The Kier molecular flexibility index (Phi) is 4.48. The molecule has 1 saturated heterocycles. The quantitative estimate of drug-likeness (QED) is 0.643. The molecule has 0 unspecified atom stereocenters. The first-order valence-electron chi connectivity index (χ1n) is 12.2. The molecule has 6 rings (SSSR count). The maximum Gasteiger partial charge on any atom is 0.347 e. The zero-order valence-electron chi connectivity index (χ0n) is 21.1. The molecule has 2 aliphatic heterocycles. The third kappa shape index (κ3) is 2.71. The summed E-state index contributed by atoms with van der Waals surface area (Å²) in [5.41, 5.74) is -0.467. The van der Waals surface area contributed by atoms with Crippen LogP contribution in [0.3, 0.4) is 0 Å². The summed E-state index contributed by atoms with van der Waals surface area (Å²) in [4.78, 5) is 13.2. The minimum absolute atomic E-state index is 0.00779. The number of rotatable bonds is 3. The highest BCUT2D eigenvalue weighted by atomic mass is 16.6. The number of methoxy groups -OCH3 is 2. The maximum absolute atomic E-state index is 13.2. The zero-order chi connectivity index (χ0) is 25.0. The van der Waals surface area contributed by atoms with Crippen molar-refractivity contribution in [3.63, 3.8) is 0 Å². The highest BCUT2D eigenvalue weighted by Gasteiger charge is 2.82. The second kappa shape index (κ2) is 6.92. The molecule has 7 heteroatoms. The molecule has 3 fully saturated rings. The van der Waals surface area contributed by atoms with Crippen LogP contribution in [0, 0.1) is 10.8 Å². The number of epoxide rings is 1. The van der Waals surface area contributed by atoms with Crippen LogP contribution in [0.2, 0.25) is 0 Å². The van der Waals surface area contributed by atoms with Crippen molar-refractivity contribution in [1.82, 2.24) is 0 Å². The lowest BCUT2D eigenvalue weighted by Crippen LogP contribution is -2.66. The van der Waals surface area contributed by atoms with Gasteiger partial charge >= 0.3 is 5.63 Å². The van der Waals surface area contributed by atoms with Gasteiger partial charge in [0.05, 0.1) is 31.8 Å². The summed E-state index contributed by atoms with van der Waals surface area (Å²) in [6, 6.07) is 7.11. The number of aliphatic hydroxyl groups excluding tert-OH is 1. The summed E-state index contributed by atoms with van der Waals surface area (Å²) in [6.07, 6.45) is 3.53. The fourth-order valence-electron chi connectivity index (χ4n) is 7.36. The molecule has 0 bridgehead atoms. The summed E-state index contributed by atoms with van der Waals surface area (Å²) >= 11 is 0. The topological polar surface area (TPSA) is 90.7 Å². The van der Waals surface area contributed by atoms with Crippen molar-refractivity contribution in [2.24, 2.45) is 10.8 Å². The van der Waals surface area contributed by atoms with E-state index in [0.29, 0.717) is 47.0 Å². The Morgan fingerprint density at radius 3 is 2.51 bits per heavy atom. The standard InChI is InChI=1S/C28H32O7/c1-25(2)10-9-22(29)27(4)21-12-16-19(34-26(21,3)14-23-28(25,27)35-23)13-18(33-24(16)30)15-7-8-17(31-5)20(11-15)32-6/h7-8,11-13,22-23,29H,9-10,14H2,1-6H3/t22-,23-,26+,27-,28+/m0/s1. The van der Waals surface area contributed by atoms with Crippen LogP contribution < -0.4 is 19.8 Å². The monoisotopic (exact) mass is 480 g/mol. The predicted octanol–water partition coefficient (Wildman–Crippen LogP) is 4.59. The van der Waals surface area contributed by atoms with Crippen LogP contribution in [0.5, 0.6) is 17.2 Å². The van der Waals surface area contributed by atoms with E-state index in [1.54, 1.807) is 32.4 Å². The van der Waals surface area contributed by atoms with Crippen LogP contribution in [0.15, 0.2) is 39.1 Å². The van der Waals surface area contributed by atoms with E-state index in [2.05, 4.69) is 20.8 Å². The van der Waals surface area contributed by atoms with Crippen molar-refractivity contribution in [3.8, 4) is 28.6 Å². The van der Waals surface area contributed by atoms with Crippen LogP contribution in [0.4, 0.5) is 0 Å². The van der Waals surface area contributed by atoms with E-state index in [1.165, 1.54) is 0 Å². The van der Waals surface area contributed by atoms with E-state index >= 15 is 0 Å². The Bertz CT molecular complexity index is 1320. The Hall–Kier alpha value is -2.77. The average Bonchev–Trinajstić information content (AvgIpc) is 3.56. The van der Waals surface area contributed by atoms with Gasteiger partial charge in [-0.2, -0.15) is 0 Å². The smallest absolute Gasteiger partial charge is 0.347 e. The molecular formula is C28H32O7. The van der Waals surface area contributed by atoms with E-state index in [-0.39, 0.29) is 11.5 Å². The second-order valence-corrected chi connectivity index (χ2v) is 11.3. The van der Waals surface area contributed by atoms with Gasteiger partial charge in [-0.05, 0) is 55.0 Å². The summed E-state index contributed by atoms with van der Waals surface area (Å²) in [5, 5.41) is 11.3. The summed E-state index contributed by atoms with van der Waals surface area (Å²) in [7, 11) is 3.13. The fraction of sp³-hybridized carbons (Fsp3) is 0.536. The molecule has 5 atom stereocenters. The van der Waals surface area contributed by atoms with Gasteiger partial charge in [-0.3, -0.25) is 0 Å². The number of fused-ring (bicyclic) bond motifs is 3. The van der Waals surface area contributed by atoms with Gasteiger partial charge < -0.3 is 28.5 Å². The molecule has 2 aliphatic carbocycles. The van der Waals surface area contributed by atoms with E-state index in [1.807, 2.05) is 19.1 Å². The Balaban J connectivity index is 1.49. The molecule has 1 aromatic carbocycles. The predicted molar refractivity (Wildman–Crippen MR) is 130 cm³/mol. The van der Waals surface area contributed by atoms with E-state index in [0.717, 1.165) is 12.0 Å². The first-order chi connectivity index (χ1) is 16.5. The van der Waals surface area contributed by atoms with E-state index in [9.17, 15) is 9.90 Å². The Morgan fingerprint density at radius 1 is 1.06 bits per heavy atom. The molecule has 1 spiro atoms. The largest absolute Gasteiger partial charge is 0.493 e. The van der Waals surface area contributed by atoms with Gasteiger partial charge in [0.15, 0.2) is 11.5 Å². The van der Waals surface area contributed by atoms with Gasteiger partial charge in [-0.1, -0.05) is 20.8 Å². The summed E-state index contributed by atoms with van der Waals surface area (Å²) in [6.45, 7) is 8.57. The highest BCUT2D eigenvalue weighted by molar-refractivity contribution is 5.71. The number of hydrogen-bond donors (Lipinski definition) is 1. The molecule has 0 radical (unpaired) electrons. The van der Waals surface area contributed by atoms with Crippen molar-refractivity contribution in [2.45, 2.75) is 70.4 Å². The first kappa shape index (κ1) is 22.7. The van der Waals surface area contributed by atoms with Gasteiger partial charge in [-0.15, -0.1) is 0 Å². The molecule has 2 saturated carbocycles. The molecule has 35 heavy (non-hydrogen) atoms. The van der Waals surface area contributed by atoms with Gasteiger partial charge in [0.1, 0.15) is 28.3 Å². The number of aliphatic hydroxyl groups is 1. The second-order valence-electron chi connectivity index (χ2n) is 11.3. The minimum atomic E-state index is -0.705. The van der Waals surface area contributed by atoms with Crippen LogP contribution in [0.25, 0.3) is 17.4 Å². The van der Waals surface area contributed by atoms with Crippen molar-refractivity contribution in [1.29, 1.82) is 0 Å².